The number of pyridine rings is 1. The Morgan fingerprint density at radius 1 is 0.970 bits per heavy atom. The minimum atomic E-state index is -0.249. The highest BCUT2D eigenvalue weighted by Gasteiger charge is 2.19. The van der Waals surface area contributed by atoms with Crippen molar-refractivity contribution in [1.82, 2.24) is 20.3 Å². The van der Waals surface area contributed by atoms with Crippen molar-refractivity contribution >= 4 is 5.91 Å². The Hall–Kier alpha value is -4.26. The quantitative estimate of drug-likeness (QED) is 0.430. The van der Waals surface area contributed by atoms with Gasteiger partial charge in [0.05, 0.1) is 24.4 Å². The molecule has 0 aliphatic carbocycles. The zero-order chi connectivity index (χ0) is 23.0. The zero-order valence-corrected chi connectivity index (χ0v) is 18.4. The van der Waals surface area contributed by atoms with Crippen LogP contribution in [0.1, 0.15) is 34.7 Å². The lowest BCUT2D eigenvalue weighted by molar-refractivity contribution is 0.0939. The highest BCUT2D eigenvalue weighted by molar-refractivity contribution is 5.99. The van der Waals surface area contributed by atoms with Crippen LogP contribution < -0.4 is 14.8 Å². The van der Waals surface area contributed by atoms with Crippen LogP contribution in [0.4, 0.5) is 0 Å². The normalized spacial score (nSPS) is 11.5. The molecule has 0 saturated carbocycles. The highest BCUT2D eigenvalue weighted by Crippen LogP contribution is 2.23. The SMILES string of the molecule is COc1ccc(OCc2ncc(C(=O)N[C@@H](C)c3ccccc3)c(-c3ccncc3)n2)cc1. The number of aromatic nitrogens is 3. The number of hydrogen-bond donors (Lipinski definition) is 1. The monoisotopic (exact) mass is 440 g/mol. The molecule has 2 aromatic heterocycles. The number of ether oxygens (including phenoxy) is 2. The molecule has 0 spiro atoms. The summed E-state index contributed by atoms with van der Waals surface area (Å²) in [6, 6.07) is 20.5. The summed E-state index contributed by atoms with van der Waals surface area (Å²) in [5, 5.41) is 3.03. The Bertz CT molecular complexity index is 1200. The van der Waals surface area contributed by atoms with Crippen molar-refractivity contribution in [3.05, 3.63) is 102 Å². The molecule has 33 heavy (non-hydrogen) atoms. The van der Waals surface area contributed by atoms with Gasteiger partial charge in [-0.3, -0.25) is 9.78 Å². The van der Waals surface area contributed by atoms with Gasteiger partial charge in [0, 0.05) is 24.2 Å². The van der Waals surface area contributed by atoms with Gasteiger partial charge in [0.1, 0.15) is 18.1 Å². The van der Waals surface area contributed by atoms with Crippen LogP contribution in [-0.4, -0.2) is 28.0 Å². The molecular formula is C26H24N4O3. The van der Waals surface area contributed by atoms with E-state index in [-0.39, 0.29) is 18.6 Å². The maximum atomic E-state index is 13.1. The number of methoxy groups -OCH3 is 1. The first-order chi connectivity index (χ1) is 16.1. The lowest BCUT2D eigenvalue weighted by atomic mass is 10.1. The fraction of sp³-hybridized carbons (Fsp3) is 0.154. The second kappa shape index (κ2) is 10.4. The van der Waals surface area contributed by atoms with Crippen LogP contribution in [0.15, 0.2) is 85.3 Å². The van der Waals surface area contributed by atoms with Crippen LogP contribution in [0, 0.1) is 0 Å². The number of nitrogens with zero attached hydrogens (tertiary/aromatic N) is 3. The molecule has 1 amide bonds. The number of amides is 1. The van der Waals surface area contributed by atoms with Crippen LogP contribution in [0.25, 0.3) is 11.3 Å². The van der Waals surface area contributed by atoms with Gasteiger partial charge in [0.25, 0.3) is 5.91 Å². The predicted molar refractivity (Wildman–Crippen MR) is 125 cm³/mol. The topological polar surface area (TPSA) is 86.2 Å². The van der Waals surface area contributed by atoms with Crippen LogP contribution in [-0.2, 0) is 6.61 Å². The van der Waals surface area contributed by atoms with Crippen molar-refractivity contribution in [1.29, 1.82) is 0 Å². The van der Waals surface area contributed by atoms with Crippen molar-refractivity contribution < 1.29 is 14.3 Å². The van der Waals surface area contributed by atoms with Gasteiger partial charge >= 0.3 is 0 Å². The summed E-state index contributed by atoms with van der Waals surface area (Å²) in [4.78, 5) is 26.2. The fourth-order valence-electron chi connectivity index (χ4n) is 3.30. The molecular weight excluding hydrogens is 416 g/mol. The first kappa shape index (κ1) is 22.0. The molecule has 0 aliphatic heterocycles. The average molecular weight is 441 g/mol. The molecule has 2 aromatic carbocycles. The molecule has 2 heterocycles. The molecule has 1 atom stereocenters. The van der Waals surface area contributed by atoms with Crippen molar-refractivity contribution in [3.8, 4) is 22.8 Å². The van der Waals surface area contributed by atoms with E-state index in [2.05, 4.69) is 20.3 Å². The number of nitrogens with one attached hydrogen (secondary N) is 1. The lowest BCUT2D eigenvalue weighted by Gasteiger charge is -2.16. The number of hydrogen-bond acceptors (Lipinski definition) is 6. The minimum absolute atomic E-state index is 0.159. The van der Waals surface area contributed by atoms with E-state index < -0.39 is 0 Å². The molecule has 166 valence electrons. The molecule has 0 unspecified atom stereocenters. The summed E-state index contributed by atoms with van der Waals surface area (Å²) >= 11 is 0. The Kier molecular flexibility index (Phi) is 6.90. The van der Waals surface area contributed by atoms with Gasteiger partial charge in [0.15, 0.2) is 5.82 Å². The second-order valence-electron chi connectivity index (χ2n) is 7.35. The maximum Gasteiger partial charge on any atom is 0.255 e. The van der Waals surface area contributed by atoms with Crippen LogP contribution in [0.5, 0.6) is 11.5 Å². The van der Waals surface area contributed by atoms with E-state index in [1.807, 2.05) is 73.7 Å². The summed E-state index contributed by atoms with van der Waals surface area (Å²) in [5.41, 5.74) is 2.70. The first-order valence-electron chi connectivity index (χ1n) is 10.5. The van der Waals surface area contributed by atoms with Gasteiger partial charge in [-0.05, 0) is 48.9 Å². The van der Waals surface area contributed by atoms with Crippen molar-refractivity contribution in [3.63, 3.8) is 0 Å². The molecule has 4 rings (SSSR count). The molecule has 0 aliphatic rings. The van der Waals surface area contributed by atoms with Crippen molar-refractivity contribution in [2.45, 2.75) is 19.6 Å². The molecule has 0 saturated heterocycles. The second-order valence-corrected chi connectivity index (χ2v) is 7.35. The van der Waals surface area contributed by atoms with E-state index in [1.54, 1.807) is 25.7 Å². The first-order valence-corrected chi connectivity index (χ1v) is 10.5. The molecule has 4 aromatic rings. The number of rotatable bonds is 8. The summed E-state index contributed by atoms with van der Waals surface area (Å²) < 4.78 is 11.0. The molecule has 1 N–H and O–H groups in total. The lowest BCUT2D eigenvalue weighted by Crippen LogP contribution is -2.27. The Morgan fingerprint density at radius 2 is 1.67 bits per heavy atom. The van der Waals surface area contributed by atoms with Gasteiger partial charge in [-0.2, -0.15) is 0 Å². The largest absolute Gasteiger partial charge is 0.497 e. The average Bonchev–Trinajstić information content (AvgIpc) is 2.88. The number of benzene rings is 2. The number of carbonyl (C=O) groups is 1. The molecule has 0 fully saturated rings. The van der Waals surface area contributed by atoms with E-state index in [0.29, 0.717) is 22.8 Å². The zero-order valence-electron chi connectivity index (χ0n) is 18.4. The summed E-state index contributed by atoms with van der Waals surface area (Å²) in [7, 11) is 1.61. The van der Waals surface area contributed by atoms with Crippen molar-refractivity contribution in [2.75, 3.05) is 7.11 Å². The molecule has 0 bridgehead atoms. The van der Waals surface area contributed by atoms with Crippen molar-refractivity contribution in [2.24, 2.45) is 0 Å². The predicted octanol–water partition coefficient (Wildman–Crippen LogP) is 4.62. The van der Waals surface area contributed by atoms with E-state index >= 15 is 0 Å². The van der Waals surface area contributed by atoms with E-state index in [0.717, 1.165) is 16.9 Å². The van der Waals surface area contributed by atoms with E-state index in [9.17, 15) is 4.79 Å². The Balaban J connectivity index is 1.56. The minimum Gasteiger partial charge on any atom is -0.497 e. The van der Waals surface area contributed by atoms with Gasteiger partial charge in [0.2, 0.25) is 0 Å². The highest BCUT2D eigenvalue weighted by atomic mass is 16.5. The third kappa shape index (κ3) is 5.51. The van der Waals surface area contributed by atoms with Gasteiger partial charge in [-0.15, -0.1) is 0 Å². The van der Waals surface area contributed by atoms with E-state index in [4.69, 9.17) is 9.47 Å². The summed E-state index contributed by atoms with van der Waals surface area (Å²) in [6.45, 7) is 2.10. The molecule has 0 radical (unpaired) electrons. The van der Waals surface area contributed by atoms with Gasteiger partial charge < -0.3 is 14.8 Å². The summed E-state index contributed by atoms with van der Waals surface area (Å²) in [6.07, 6.45) is 4.88. The maximum absolute atomic E-state index is 13.1. The fourth-order valence-corrected chi connectivity index (χ4v) is 3.30. The van der Waals surface area contributed by atoms with E-state index in [1.165, 1.54) is 0 Å². The Morgan fingerprint density at radius 3 is 2.36 bits per heavy atom. The smallest absolute Gasteiger partial charge is 0.255 e. The number of carbonyl (C=O) groups excluding carboxylic acids is 1. The molecule has 7 nitrogen and oxygen atoms in total. The molecule has 7 heteroatoms. The van der Waals surface area contributed by atoms with Gasteiger partial charge in [-0.1, -0.05) is 30.3 Å². The Labute approximate surface area is 192 Å². The van der Waals surface area contributed by atoms with Crippen LogP contribution in [0.2, 0.25) is 0 Å². The summed E-state index contributed by atoms with van der Waals surface area (Å²) in [5.74, 6) is 1.63. The van der Waals surface area contributed by atoms with Gasteiger partial charge in [-0.25, -0.2) is 9.97 Å². The third-order valence-corrected chi connectivity index (χ3v) is 5.11. The standard InChI is InChI=1S/C26H24N4O3/c1-18(19-6-4-3-5-7-19)29-26(31)23-16-28-24(30-25(23)20-12-14-27-15-13-20)17-33-22-10-8-21(32-2)9-11-22/h3-16,18H,17H2,1-2H3,(H,29,31)/t18-/m0/s1. The van der Waals surface area contributed by atoms with Crippen LogP contribution >= 0.6 is 0 Å². The third-order valence-electron chi connectivity index (χ3n) is 5.11. The van der Waals surface area contributed by atoms with Crippen LogP contribution in [0.3, 0.4) is 0 Å².